The number of rotatable bonds is 54. The van der Waals surface area contributed by atoms with Crippen LogP contribution in [0.5, 0.6) is 0 Å². The largest absolute Gasteiger partial charge is 0.545 e. The highest BCUT2D eigenvalue weighted by atomic mass is 16.7. The summed E-state index contributed by atoms with van der Waals surface area (Å²) in [5, 5.41) is 11.8. The van der Waals surface area contributed by atoms with E-state index >= 15 is 0 Å². The van der Waals surface area contributed by atoms with Gasteiger partial charge in [-0.25, -0.2) is 0 Å². The van der Waals surface area contributed by atoms with E-state index in [0.717, 1.165) is 128 Å². The van der Waals surface area contributed by atoms with Gasteiger partial charge in [0.1, 0.15) is 13.2 Å². The van der Waals surface area contributed by atoms with Crippen molar-refractivity contribution >= 4 is 17.9 Å². The lowest BCUT2D eigenvalue weighted by Crippen LogP contribution is -2.44. The molecule has 0 heterocycles. The zero-order chi connectivity index (χ0) is 56.2. The standard InChI is InChI=1S/C68H111NO8/c1-6-8-10-12-14-16-18-20-22-24-26-28-29-30-31-32-33-34-35-36-37-39-41-43-45-47-49-51-53-55-57-59-66(71)77-64(63-76-68(67(72)73)74-61-60-69(3,4)5)62-75-65(70)58-56-54-52-50-48-46-44-42-40-38-27-25-23-21-19-17-15-13-11-9-7-2/h8-11,14-17,20-23,26-28,30-31,33-34,36-38,64,68H,6-7,12-13,18-19,24-25,29,32,35,39-63H2,1-5H3/b10-8-,11-9-,16-14-,17-15-,22-20-,23-21-,28-26-,31-30-,34-33-,37-36-,38-27-. The molecule has 0 bridgehead atoms. The predicted octanol–water partition coefficient (Wildman–Crippen LogP) is 16.9. The lowest BCUT2D eigenvalue weighted by molar-refractivity contribution is -0.870. The maximum absolute atomic E-state index is 12.9. The van der Waals surface area contributed by atoms with Gasteiger partial charge in [0.05, 0.1) is 40.3 Å². The van der Waals surface area contributed by atoms with Crippen molar-refractivity contribution in [1.29, 1.82) is 0 Å². The molecule has 0 aromatic heterocycles. The van der Waals surface area contributed by atoms with Gasteiger partial charge >= 0.3 is 11.9 Å². The van der Waals surface area contributed by atoms with Crippen LogP contribution < -0.4 is 5.11 Å². The zero-order valence-corrected chi connectivity index (χ0v) is 49.5. The molecule has 0 aliphatic rings. The lowest BCUT2D eigenvalue weighted by atomic mass is 10.1. The van der Waals surface area contributed by atoms with Gasteiger partial charge in [-0.2, -0.15) is 0 Å². The fourth-order valence-corrected chi connectivity index (χ4v) is 7.80. The molecule has 0 saturated carbocycles. The van der Waals surface area contributed by atoms with Crippen LogP contribution in [0.4, 0.5) is 0 Å². The van der Waals surface area contributed by atoms with Gasteiger partial charge in [0, 0.05) is 12.8 Å². The number of esters is 2. The molecule has 0 fully saturated rings. The Morgan fingerprint density at radius 3 is 1.04 bits per heavy atom. The van der Waals surface area contributed by atoms with E-state index in [1.807, 2.05) is 21.1 Å². The van der Waals surface area contributed by atoms with Crippen molar-refractivity contribution in [2.75, 3.05) is 47.5 Å². The van der Waals surface area contributed by atoms with Crippen molar-refractivity contribution in [3.05, 3.63) is 134 Å². The number of aliphatic carboxylic acids is 1. The number of unbranched alkanes of at least 4 members (excludes halogenated alkanes) is 17. The van der Waals surface area contributed by atoms with E-state index in [0.29, 0.717) is 17.4 Å². The van der Waals surface area contributed by atoms with E-state index in [2.05, 4.69) is 148 Å². The molecule has 0 aliphatic carbocycles. The van der Waals surface area contributed by atoms with Gasteiger partial charge in [0.15, 0.2) is 12.4 Å². The number of nitrogens with zero attached hydrogens (tertiary/aromatic N) is 1. The van der Waals surface area contributed by atoms with Crippen LogP contribution in [-0.2, 0) is 33.3 Å². The average Bonchev–Trinajstić information content (AvgIpc) is 3.40. The predicted molar refractivity (Wildman–Crippen MR) is 324 cm³/mol. The summed E-state index contributed by atoms with van der Waals surface area (Å²) in [6, 6.07) is 0. The number of carbonyl (C=O) groups excluding carboxylic acids is 3. The number of hydrogen-bond donors (Lipinski definition) is 0. The number of carboxylic acids is 1. The normalized spacial score (nSPS) is 13.7. The van der Waals surface area contributed by atoms with Gasteiger partial charge < -0.3 is 33.3 Å². The second kappa shape index (κ2) is 57.6. The van der Waals surface area contributed by atoms with Crippen LogP contribution in [0.3, 0.4) is 0 Å². The second-order valence-electron chi connectivity index (χ2n) is 20.9. The topological polar surface area (TPSA) is 111 Å². The minimum absolute atomic E-state index is 0.138. The molecule has 2 unspecified atom stereocenters. The molecular formula is C68H111NO8. The second-order valence-corrected chi connectivity index (χ2v) is 20.9. The molecule has 9 heteroatoms. The molecule has 0 rings (SSSR count). The van der Waals surface area contributed by atoms with Crippen LogP contribution in [0.15, 0.2) is 134 Å². The Bertz CT molecular complexity index is 1720. The lowest BCUT2D eigenvalue weighted by Gasteiger charge is -2.26. The molecule has 0 aromatic carbocycles. The van der Waals surface area contributed by atoms with Gasteiger partial charge in [-0.1, -0.05) is 231 Å². The summed E-state index contributed by atoms with van der Waals surface area (Å²) in [5.74, 6) is -2.32. The van der Waals surface area contributed by atoms with Crippen LogP contribution in [-0.4, -0.2) is 82.3 Å². The number of quaternary nitrogens is 1. The molecule has 0 aliphatic heterocycles. The summed E-state index contributed by atoms with van der Waals surface area (Å²) in [4.78, 5) is 37.4. The number of carbonyl (C=O) groups is 3. The number of hydrogen-bond acceptors (Lipinski definition) is 8. The Hall–Kier alpha value is -4.57. The first-order valence-corrected chi connectivity index (χ1v) is 30.3. The SMILES string of the molecule is CC/C=C\C/C=C\C/C=C\C/C=C\C/C=C\C/C=C\C/C=C\CCCCCCCCCCCC(=O)OC(COC(=O)CCCCCCCCCC/C=C\C/C=C\C/C=C\C/C=C\CC)COC(OCC[N+](C)(C)C)C(=O)[O-]. The third kappa shape index (κ3) is 58.9. The number of ether oxygens (including phenoxy) is 4. The van der Waals surface area contributed by atoms with E-state index < -0.39 is 24.3 Å². The summed E-state index contributed by atoms with van der Waals surface area (Å²) in [6.45, 7) is 4.49. The number of allylic oxidation sites excluding steroid dienone is 22. The summed E-state index contributed by atoms with van der Waals surface area (Å²) in [7, 11) is 5.91. The monoisotopic (exact) mass is 1070 g/mol. The average molecular weight is 1070 g/mol. The van der Waals surface area contributed by atoms with Gasteiger partial charge in [-0.15, -0.1) is 0 Å². The minimum atomic E-state index is -1.63. The van der Waals surface area contributed by atoms with E-state index in [-0.39, 0.29) is 38.6 Å². The van der Waals surface area contributed by atoms with E-state index in [9.17, 15) is 19.5 Å². The van der Waals surface area contributed by atoms with E-state index in [1.165, 1.54) is 57.8 Å². The van der Waals surface area contributed by atoms with Crippen molar-refractivity contribution in [2.24, 2.45) is 0 Å². The summed E-state index contributed by atoms with van der Waals surface area (Å²) in [6.07, 6.45) is 79.2. The Morgan fingerprint density at radius 2 is 0.701 bits per heavy atom. The molecule has 0 N–H and O–H groups in total. The molecule has 0 amide bonds. The first-order chi connectivity index (χ1) is 37.6. The Kier molecular flexibility index (Phi) is 54.2. The van der Waals surface area contributed by atoms with E-state index in [1.54, 1.807) is 0 Å². The van der Waals surface area contributed by atoms with Crippen LogP contribution in [0.2, 0.25) is 0 Å². The minimum Gasteiger partial charge on any atom is -0.545 e. The van der Waals surface area contributed by atoms with Crippen LogP contribution in [0, 0.1) is 0 Å². The van der Waals surface area contributed by atoms with Crippen molar-refractivity contribution in [2.45, 2.75) is 232 Å². The van der Waals surface area contributed by atoms with Crippen molar-refractivity contribution in [1.82, 2.24) is 0 Å². The molecule has 436 valence electrons. The fourth-order valence-electron chi connectivity index (χ4n) is 7.80. The Morgan fingerprint density at radius 1 is 0.390 bits per heavy atom. The van der Waals surface area contributed by atoms with Crippen molar-refractivity contribution in [3.8, 4) is 0 Å². The molecular weight excluding hydrogens is 959 g/mol. The quantitative estimate of drug-likeness (QED) is 0.0195. The molecule has 0 radical (unpaired) electrons. The van der Waals surface area contributed by atoms with Gasteiger partial charge in [-0.3, -0.25) is 9.59 Å². The van der Waals surface area contributed by atoms with Crippen LogP contribution in [0.25, 0.3) is 0 Å². The van der Waals surface area contributed by atoms with Crippen LogP contribution in [0.1, 0.15) is 219 Å². The first kappa shape index (κ1) is 72.4. The zero-order valence-electron chi connectivity index (χ0n) is 49.5. The maximum Gasteiger partial charge on any atom is 0.306 e. The summed E-state index contributed by atoms with van der Waals surface area (Å²) >= 11 is 0. The third-order valence-corrected chi connectivity index (χ3v) is 12.4. The summed E-state index contributed by atoms with van der Waals surface area (Å²) < 4.78 is 22.7. The Balaban J connectivity index is 4.27. The summed E-state index contributed by atoms with van der Waals surface area (Å²) in [5.41, 5.74) is 0. The van der Waals surface area contributed by atoms with Crippen molar-refractivity contribution in [3.63, 3.8) is 0 Å². The van der Waals surface area contributed by atoms with E-state index in [4.69, 9.17) is 18.9 Å². The van der Waals surface area contributed by atoms with Crippen LogP contribution >= 0.6 is 0 Å². The van der Waals surface area contributed by atoms with Crippen molar-refractivity contribution < 1.29 is 42.9 Å². The molecule has 2 atom stereocenters. The fraction of sp³-hybridized carbons (Fsp3) is 0.632. The molecule has 77 heavy (non-hydrogen) atoms. The highest BCUT2D eigenvalue weighted by molar-refractivity contribution is 5.70. The molecule has 0 saturated heterocycles. The highest BCUT2D eigenvalue weighted by Crippen LogP contribution is 2.15. The molecule has 9 nitrogen and oxygen atoms in total. The van der Waals surface area contributed by atoms with Gasteiger partial charge in [0.25, 0.3) is 0 Å². The molecule has 0 aromatic rings. The molecule has 0 spiro atoms. The maximum atomic E-state index is 12.9. The highest BCUT2D eigenvalue weighted by Gasteiger charge is 2.22. The number of carboxylic acid groups (broad SMARTS) is 1. The first-order valence-electron chi connectivity index (χ1n) is 30.3. The third-order valence-electron chi connectivity index (χ3n) is 12.4. The van der Waals surface area contributed by atoms with Gasteiger partial charge in [-0.05, 0) is 109 Å². The smallest absolute Gasteiger partial charge is 0.306 e. The Labute approximate surface area is 471 Å². The number of likely N-dealkylation sites (N-methyl/N-ethyl adjacent to an activating group) is 1. The van der Waals surface area contributed by atoms with Gasteiger partial charge in [0.2, 0.25) is 0 Å².